The maximum atomic E-state index is 11.7. The van der Waals surface area contributed by atoms with Gasteiger partial charge in [0.15, 0.2) is 9.84 Å². The minimum atomic E-state index is -3.41. The molecule has 5 nitrogen and oxygen atoms in total. The highest BCUT2D eigenvalue weighted by Crippen LogP contribution is 2.29. The molecule has 1 aromatic rings. The predicted molar refractivity (Wildman–Crippen MR) is 73.3 cm³/mol. The van der Waals surface area contributed by atoms with E-state index in [9.17, 15) is 13.2 Å². The number of hydrogen-bond donors (Lipinski definition) is 0. The highest BCUT2D eigenvalue weighted by molar-refractivity contribution is 7.90. The Morgan fingerprint density at radius 3 is 2.37 bits per heavy atom. The molecule has 0 bridgehead atoms. The van der Waals surface area contributed by atoms with E-state index in [1.165, 1.54) is 19.2 Å². The zero-order valence-corrected chi connectivity index (χ0v) is 12.8. The van der Waals surface area contributed by atoms with Crippen molar-refractivity contribution in [3.8, 4) is 0 Å². The first-order valence-corrected chi connectivity index (χ1v) is 7.70. The molecule has 1 aromatic carbocycles. The first kappa shape index (κ1) is 15.9. The van der Waals surface area contributed by atoms with E-state index in [1.54, 1.807) is 19.0 Å². The van der Waals surface area contributed by atoms with Crippen LogP contribution < -0.4 is 0 Å². The van der Waals surface area contributed by atoms with Crippen molar-refractivity contribution in [3.63, 3.8) is 0 Å². The zero-order valence-electron chi connectivity index (χ0n) is 11.2. The first-order valence-electron chi connectivity index (χ1n) is 5.43. The lowest BCUT2D eigenvalue weighted by molar-refractivity contribution is 0.0600. The summed E-state index contributed by atoms with van der Waals surface area (Å²) in [7, 11) is 1.40. The molecule has 0 saturated carbocycles. The first-order chi connectivity index (χ1) is 8.68. The fraction of sp³-hybridized carbons (Fsp3) is 0.417. The van der Waals surface area contributed by atoms with Crippen LogP contribution in [0.5, 0.6) is 0 Å². The van der Waals surface area contributed by atoms with Crippen LogP contribution in [0.15, 0.2) is 17.0 Å². The van der Waals surface area contributed by atoms with Crippen LogP contribution in [0, 0.1) is 0 Å². The van der Waals surface area contributed by atoms with Gasteiger partial charge < -0.3 is 9.64 Å². The molecule has 19 heavy (non-hydrogen) atoms. The Bertz CT molecular complexity index is 596. The molecule has 0 radical (unpaired) electrons. The number of halogens is 1. The Kier molecular flexibility index (Phi) is 4.95. The summed E-state index contributed by atoms with van der Waals surface area (Å²) in [5.74, 6) is -0.593. The summed E-state index contributed by atoms with van der Waals surface area (Å²) >= 11 is 6.15. The summed E-state index contributed by atoms with van der Waals surface area (Å²) < 4.78 is 28.1. The molecule has 0 spiro atoms. The van der Waals surface area contributed by atoms with Crippen LogP contribution >= 0.6 is 11.6 Å². The van der Waals surface area contributed by atoms with Crippen LogP contribution in [0.4, 0.5) is 0 Å². The number of carbonyl (C=O) groups is 1. The molecule has 0 aliphatic rings. The van der Waals surface area contributed by atoms with Gasteiger partial charge in [-0.3, -0.25) is 0 Å². The monoisotopic (exact) mass is 305 g/mol. The number of esters is 1. The van der Waals surface area contributed by atoms with Crippen molar-refractivity contribution in [2.45, 2.75) is 11.4 Å². The quantitative estimate of drug-likeness (QED) is 0.791. The molecule has 0 unspecified atom stereocenters. The molecule has 0 aromatic heterocycles. The summed E-state index contributed by atoms with van der Waals surface area (Å²) in [6.45, 7) is 0.312. The Labute approximate surface area is 118 Å². The summed E-state index contributed by atoms with van der Waals surface area (Å²) in [5, 5.41) is 0.114. The van der Waals surface area contributed by atoms with E-state index in [0.717, 1.165) is 6.26 Å². The summed E-state index contributed by atoms with van der Waals surface area (Å²) in [5.41, 5.74) is 0.561. The van der Waals surface area contributed by atoms with Gasteiger partial charge in [0, 0.05) is 18.4 Å². The fourth-order valence-electron chi connectivity index (χ4n) is 1.68. The molecule has 0 atom stereocenters. The third-order valence-corrected chi connectivity index (χ3v) is 4.09. The maximum Gasteiger partial charge on any atom is 0.339 e. The molecule has 0 amide bonds. The SMILES string of the molecule is COC(=O)c1ccc(S(C)(=O)=O)c(CN(C)C)c1Cl. The molecule has 1 rings (SSSR count). The van der Waals surface area contributed by atoms with E-state index >= 15 is 0 Å². The number of ether oxygens (including phenoxy) is 1. The fourth-order valence-corrected chi connectivity index (χ4v) is 2.97. The molecular weight excluding hydrogens is 290 g/mol. The van der Waals surface area contributed by atoms with E-state index < -0.39 is 15.8 Å². The van der Waals surface area contributed by atoms with Crippen molar-refractivity contribution in [1.82, 2.24) is 4.90 Å². The van der Waals surface area contributed by atoms with Crippen molar-refractivity contribution in [2.24, 2.45) is 0 Å². The summed E-state index contributed by atoms with van der Waals surface area (Å²) in [4.78, 5) is 13.5. The maximum absolute atomic E-state index is 11.7. The van der Waals surface area contributed by atoms with Crippen LogP contribution in [0.2, 0.25) is 5.02 Å². The minimum absolute atomic E-state index is 0.114. The van der Waals surface area contributed by atoms with Gasteiger partial charge in [0.05, 0.1) is 22.6 Å². The summed E-state index contributed by atoms with van der Waals surface area (Å²) in [6.07, 6.45) is 1.11. The van der Waals surface area contributed by atoms with Crippen molar-refractivity contribution in [3.05, 3.63) is 28.3 Å². The second kappa shape index (κ2) is 5.90. The number of sulfone groups is 1. The Morgan fingerprint density at radius 1 is 1.37 bits per heavy atom. The molecule has 106 valence electrons. The third-order valence-electron chi connectivity index (χ3n) is 2.48. The topological polar surface area (TPSA) is 63.7 Å². The molecule has 0 N–H and O–H groups in total. The van der Waals surface area contributed by atoms with Gasteiger partial charge >= 0.3 is 5.97 Å². The molecule has 0 saturated heterocycles. The lowest BCUT2D eigenvalue weighted by Crippen LogP contribution is -2.16. The Hall–Kier alpha value is -1.11. The van der Waals surface area contributed by atoms with Gasteiger partial charge in [-0.2, -0.15) is 0 Å². The van der Waals surface area contributed by atoms with E-state index in [-0.39, 0.29) is 15.5 Å². The number of hydrogen-bond acceptors (Lipinski definition) is 5. The molecule has 0 aliphatic heterocycles. The molecule has 0 heterocycles. The van der Waals surface area contributed by atoms with Crippen LogP contribution in [0.1, 0.15) is 15.9 Å². The van der Waals surface area contributed by atoms with Crippen molar-refractivity contribution < 1.29 is 17.9 Å². The van der Waals surface area contributed by atoms with Crippen LogP contribution in [0.25, 0.3) is 0 Å². The normalized spacial score (nSPS) is 11.7. The van der Waals surface area contributed by atoms with Gasteiger partial charge in [0.2, 0.25) is 0 Å². The molecule has 0 aliphatic carbocycles. The van der Waals surface area contributed by atoms with Crippen molar-refractivity contribution in [1.29, 1.82) is 0 Å². The molecule has 7 heteroatoms. The van der Waals surface area contributed by atoms with E-state index in [0.29, 0.717) is 12.1 Å². The highest BCUT2D eigenvalue weighted by Gasteiger charge is 2.22. The van der Waals surface area contributed by atoms with Crippen LogP contribution in [-0.2, 0) is 21.1 Å². The van der Waals surface area contributed by atoms with E-state index in [4.69, 9.17) is 11.6 Å². The molecular formula is C12H16ClNO4S. The van der Waals surface area contributed by atoms with Gasteiger partial charge in [0.1, 0.15) is 0 Å². The number of benzene rings is 1. The zero-order chi connectivity index (χ0) is 14.8. The second-order valence-corrected chi connectivity index (χ2v) is 6.77. The van der Waals surface area contributed by atoms with Crippen molar-refractivity contribution in [2.75, 3.05) is 27.5 Å². The van der Waals surface area contributed by atoms with Crippen LogP contribution in [0.3, 0.4) is 0 Å². The van der Waals surface area contributed by atoms with E-state index in [1.807, 2.05) is 0 Å². The van der Waals surface area contributed by atoms with Gasteiger partial charge in [0.25, 0.3) is 0 Å². The number of nitrogens with zero attached hydrogens (tertiary/aromatic N) is 1. The van der Waals surface area contributed by atoms with Crippen LogP contribution in [-0.4, -0.2) is 46.7 Å². The number of carbonyl (C=O) groups excluding carboxylic acids is 1. The van der Waals surface area contributed by atoms with Gasteiger partial charge in [-0.25, -0.2) is 13.2 Å². The van der Waals surface area contributed by atoms with E-state index in [2.05, 4.69) is 4.74 Å². The lowest BCUT2D eigenvalue weighted by atomic mass is 10.1. The average Bonchev–Trinajstić information content (AvgIpc) is 2.28. The predicted octanol–water partition coefficient (Wildman–Crippen LogP) is 1.59. The van der Waals surface area contributed by atoms with Gasteiger partial charge in [-0.05, 0) is 26.2 Å². The highest BCUT2D eigenvalue weighted by atomic mass is 35.5. The standard InChI is InChI=1S/C12H16ClNO4S/c1-14(2)7-9-10(19(4,16)17)6-5-8(11(9)13)12(15)18-3/h5-6H,7H2,1-4H3. The Morgan fingerprint density at radius 2 is 1.95 bits per heavy atom. The number of methoxy groups -OCH3 is 1. The largest absolute Gasteiger partial charge is 0.465 e. The minimum Gasteiger partial charge on any atom is -0.465 e. The molecule has 0 fully saturated rings. The number of rotatable bonds is 4. The average molecular weight is 306 g/mol. The Balaban J connectivity index is 3.54. The third kappa shape index (κ3) is 3.68. The lowest BCUT2D eigenvalue weighted by Gasteiger charge is -2.16. The second-order valence-electron chi connectivity index (χ2n) is 4.41. The summed E-state index contributed by atoms with van der Waals surface area (Å²) in [6, 6.07) is 2.75. The smallest absolute Gasteiger partial charge is 0.339 e. The van der Waals surface area contributed by atoms with Gasteiger partial charge in [-0.1, -0.05) is 11.6 Å². The van der Waals surface area contributed by atoms with Gasteiger partial charge in [-0.15, -0.1) is 0 Å². The van der Waals surface area contributed by atoms with Crippen molar-refractivity contribution >= 4 is 27.4 Å².